The van der Waals surface area contributed by atoms with Crippen LogP contribution in [0.25, 0.3) is 0 Å². The molecule has 0 radical (unpaired) electrons. The summed E-state index contributed by atoms with van der Waals surface area (Å²) in [5, 5.41) is 3.24. The third-order valence-corrected chi connectivity index (χ3v) is 5.10. The topological polar surface area (TPSA) is 58.2 Å². The molecule has 0 bridgehead atoms. The first-order chi connectivity index (χ1) is 9.00. The van der Waals surface area contributed by atoms with Crippen molar-refractivity contribution in [1.29, 1.82) is 0 Å². The van der Waals surface area contributed by atoms with Crippen LogP contribution in [0.2, 0.25) is 0 Å². The predicted octanol–water partition coefficient (Wildman–Crippen LogP) is 1.49. The van der Waals surface area contributed by atoms with Gasteiger partial charge in [0.1, 0.15) is 10.7 Å². The molecule has 1 aromatic rings. The van der Waals surface area contributed by atoms with Gasteiger partial charge in [-0.1, -0.05) is 12.1 Å². The van der Waals surface area contributed by atoms with Crippen molar-refractivity contribution in [2.24, 2.45) is 5.92 Å². The van der Waals surface area contributed by atoms with Crippen LogP contribution in [-0.2, 0) is 10.0 Å². The van der Waals surface area contributed by atoms with E-state index in [1.807, 2.05) is 6.92 Å². The van der Waals surface area contributed by atoms with Crippen LogP contribution in [-0.4, -0.2) is 27.5 Å². The monoisotopic (exact) mass is 286 g/mol. The Hall–Kier alpha value is -0.980. The second kappa shape index (κ2) is 5.98. The van der Waals surface area contributed by atoms with Crippen molar-refractivity contribution in [2.75, 3.05) is 13.1 Å². The summed E-state index contributed by atoms with van der Waals surface area (Å²) in [6.45, 7) is 3.60. The third-order valence-electron chi connectivity index (χ3n) is 3.51. The number of piperidine rings is 1. The van der Waals surface area contributed by atoms with Gasteiger partial charge in [-0.25, -0.2) is 17.5 Å². The Bertz CT molecular complexity index is 527. The number of benzene rings is 1. The molecule has 19 heavy (non-hydrogen) atoms. The molecule has 2 atom stereocenters. The second-order valence-corrected chi connectivity index (χ2v) is 6.63. The zero-order valence-corrected chi connectivity index (χ0v) is 11.7. The molecule has 6 heteroatoms. The highest BCUT2D eigenvalue weighted by Crippen LogP contribution is 2.18. The maximum absolute atomic E-state index is 13.5. The average molecular weight is 286 g/mol. The van der Waals surface area contributed by atoms with E-state index in [0.29, 0.717) is 0 Å². The van der Waals surface area contributed by atoms with Crippen molar-refractivity contribution in [3.05, 3.63) is 30.1 Å². The molecule has 0 spiro atoms. The van der Waals surface area contributed by atoms with Gasteiger partial charge in [0, 0.05) is 6.04 Å². The van der Waals surface area contributed by atoms with Crippen LogP contribution in [0.3, 0.4) is 0 Å². The molecule has 1 saturated heterocycles. The third kappa shape index (κ3) is 3.52. The number of hydrogen-bond donors (Lipinski definition) is 2. The van der Waals surface area contributed by atoms with Gasteiger partial charge < -0.3 is 5.32 Å². The lowest BCUT2D eigenvalue weighted by Crippen LogP contribution is -2.44. The number of halogens is 1. The minimum Gasteiger partial charge on any atom is -0.316 e. The Morgan fingerprint density at radius 3 is 2.79 bits per heavy atom. The molecule has 4 nitrogen and oxygen atoms in total. The fourth-order valence-corrected chi connectivity index (χ4v) is 3.76. The molecule has 2 rings (SSSR count). The van der Waals surface area contributed by atoms with Crippen molar-refractivity contribution < 1.29 is 12.8 Å². The highest BCUT2D eigenvalue weighted by Gasteiger charge is 2.26. The molecule has 2 N–H and O–H groups in total. The van der Waals surface area contributed by atoms with Crippen molar-refractivity contribution in [3.8, 4) is 0 Å². The molecule has 2 unspecified atom stereocenters. The maximum atomic E-state index is 13.5. The average Bonchev–Trinajstić information content (AvgIpc) is 2.39. The Morgan fingerprint density at radius 2 is 2.16 bits per heavy atom. The van der Waals surface area contributed by atoms with Crippen LogP contribution in [0.1, 0.15) is 19.8 Å². The standard InChI is InChI=1S/C13H19FN2O2S/c1-10(11-5-4-8-15-9-11)16-19(17,18)13-7-3-2-6-12(13)14/h2-3,6-7,10-11,15-16H,4-5,8-9H2,1H3. The Morgan fingerprint density at radius 1 is 1.42 bits per heavy atom. The van der Waals surface area contributed by atoms with Crippen molar-refractivity contribution in [2.45, 2.75) is 30.7 Å². The van der Waals surface area contributed by atoms with E-state index >= 15 is 0 Å². The molecule has 1 heterocycles. The van der Waals surface area contributed by atoms with Crippen molar-refractivity contribution in [1.82, 2.24) is 10.0 Å². The van der Waals surface area contributed by atoms with Crippen LogP contribution < -0.4 is 10.0 Å². The summed E-state index contributed by atoms with van der Waals surface area (Å²) < 4.78 is 40.4. The Kier molecular flexibility index (Phi) is 4.54. The molecule has 1 aromatic carbocycles. The lowest BCUT2D eigenvalue weighted by Gasteiger charge is -2.28. The van der Waals surface area contributed by atoms with Crippen LogP contribution in [0, 0.1) is 11.7 Å². The van der Waals surface area contributed by atoms with E-state index < -0.39 is 15.8 Å². The van der Waals surface area contributed by atoms with E-state index in [2.05, 4.69) is 10.0 Å². The summed E-state index contributed by atoms with van der Waals surface area (Å²) in [6.07, 6.45) is 2.02. The van der Waals surface area contributed by atoms with Crippen molar-refractivity contribution >= 4 is 10.0 Å². The molecule has 1 aliphatic heterocycles. The number of hydrogen-bond acceptors (Lipinski definition) is 3. The van der Waals surface area contributed by atoms with E-state index in [0.717, 1.165) is 32.0 Å². The molecule has 1 fully saturated rings. The van der Waals surface area contributed by atoms with E-state index in [1.165, 1.54) is 18.2 Å². The first-order valence-electron chi connectivity index (χ1n) is 6.48. The number of sulfonamides is 1. The summed E-state index contributed by atoms with van der Waals surface area (Å²) in [4.78, 5) is -0.286. The summed E-state index contributed by atoms with van der Waals surface area (Å²) in [7, 11) is -3.79. The number of rotatable bonds is 4. The quantitative estimate of drug-likeness (QED) is 0.881. The molecule has 0 amide bonds. The van der Waals surface area contributed by atoms with Crippen LogP contribution in [0.4, 0.5) is 4.39 Å². The van der Waals surface area contributed by atoms with Gasteiger partial charge in [0.05, 0.1) is 0 Å². The maximum Gasteiger partial charge on any atom is 0.243 e. The minimum atomic E-state index is -3.79. The first kappa shape index (κ1) is 14.4. The SMILES string of the molecule is CC(NS(=O)(=O)c1ccccc1F)C1CCCNC1. The lowest BCUT2D eigenvalue weighted by molar-refractivity contribution is 0.320. The normalized spacial score (nSPS) is 22.1. The van der Waals surface area contributed by atoms with Gasteiger partial charge in [0.2, 0.25) is 10.0 Å². The van der Waals surface area contributed by atoms with Crippen LogP contribution >= 0.6 is 0 Å². The minimum absolute atomic E-state index is 0.211. The van der Waals surface area contributed by atoms with Crippen LogP contribution in [0.5, 0.6) is 0 Å². The van der Waals surface area contributed by atoms with E-state index in [1.54, 1.807) is 0 Å². The molecule has 0 aromatic heterocycles. The Balaban J connectivity index is 2.11. The molecule has 1 aliphatic rings. The summed E-state index contributed by atoms with van der Waals surface area (Å²) >= 11 is 0. The smallest absolute Gasteiger partial charge is 0.243 e. The van der Waals surface area contributed by atoms with Gasteiger partial charge in [-0.05, 0) is 50.9 Å². The van der Waals surface area contributed by atoms with Gasteiger partial charge in [-0.2, -0.15) is 0 Å². The van der Waals surface area contributed by atoms with Gasteiger partial charge in [-0.3, -0.25) is 0 Å². The molecule has 0 saturated carbocycles. The first-order valence-corrected chi connectivity index (χ1v) is 7.96. The van der Waals surface area contributed by atoms with Gasteiger partial charge in [0.25, 0.3) is 0 Å². The Labute approximate surface area is 113 Å². The summed E-state index contributed by atoms with van der Waals surface area (Å²) in [5.41, 5.74) is 0. The molecule has 0 aliphatic carbocycles. The lowest BCUT2D eigenvalue weighted by atomic mass is 9.94. The summed E-state index contributed by atoms with van der Waals surface area (Å²) in [5.74, 6) is -0.473. The fraction of sp³-hybridized carbons (Fsp3) is 0.538. The van der Waals surface area contributed by atoms with Gasteiger partial charge >= 0.3 is 0 Å². The number of nitrogens with one attached hydrogen (secondary N) is 2. The molecule has 106 valence electrons. The largest absolute Gasteiger partial charge is 0.316 e. The predicted molar refractivity (Wildman–Crippen MR) is 71.8 cm³/mol. The van der Waals surface area contributed by atoms with E-state index in [-0.39, 0.29) is 16.9 Å². The van der Waals surface area contributed by atoms with Gasteiger partial charge in [-0.15, -0.1) is 0 Å². The zero-order chi connectivity index (χ0) is 13.9. The second-order valence-electron chi connectivity index (χ2n) is 4.95. The fourth-order valence-electron chi connectivity index (χ4n) is 2.37. The van der Waals surface area contributed by atoms with Gasteiger partial charge in [0.15, 0.2) is 0 Å². The van der Waals surface area contributed by atoms with E-state index in [9.17, 15) is 12.8 Å². The van der Waals surface area contributed by atoms with Crippen LogP contribution in [0.15, 0.2) is 29.2 Å². The zero-order valence-electron chi connectivity index (χ0n) is 10.9. The summed E-state index contributed by atoms with van der Waals surface area (Å²) in [6, 6.07) is 5.22. The molecular formula is C13H19FN2O2S. The highest BCUT2D eigenvalue weighted by molar-refractivity contribution is 7.89. The molecular weight excluding hydrogens is 267 g/mol. The highest BCUT2D eigenvalue weighted by atomic mass is 32.2. The van der Waals surface area contributed by atoms with E-state index in [4.69, 9.17) is 0 Å². The van der Waals surface area contributed by atoms with Crippen molar-refractivity contribution in [3.63, 3.8) is 0 Å².